The molecule has 0 spiro atoms. The highest BCUT2D eigenvalue weighted by Gasteiger charge is 2.10. The van der Waals surface area contributed by atoms with Crippen LogP contribution in [0, 0.1) is 13.8 Å². The van der Waals surface area contributed by atoms with Crippen molar-refractivity contribution < 1.29 is 9.53 Å². The number of benzene rings is 2. The van der Waals surface area contributed by atoms with E-state index in [0.29, 0.717) is 12.3 Å². The second-order valence-electron chi connectivity index (χ2n) is 6.17. The highest BCUT2D eigenvalue weighted by atomic mass is 16.5. The second-order valence-corrected chi connectivity index (χ2v) is 6.17. The Kier molecular flexibility index (Phi) is 5.66. The van der Waals surface area contributed by atoms with Crippen LogP contribution in [-0.4, -0.2) is 28.9 Å². The number of nitrogens with zero attached hydrogens (tertiary/aromatic N) is 2. The second kappa shape index (κ2) is 8.31. The van der Waals surface area contributed by atoms with Gasteiger partial charge in [0.1, 0.15) is 11.4 Å². The van der Waals surface area contributed by atoms with Crippen LogP contribution in [0.25, 0.3) is 11.3 Å². The SMILES string of the molecule is CCOc1ccc(C=NNC(=O)c2cc(-c3ccc(C)c(C)c3)n[nH]2)cc1. The number of ether oxygens (including phenoxy) is 1. The van der Waals surface area contributed by atoms with Gasteiger partial charge in [0.15, 0.2) is 0 Å². The number of amides is 1. The summed E-state index contributed by atoms with van der Waals surface area (Å²) >= 11 is 0. The number of hydrogen-bond donors (Lipinski definition) is 2. The van der Waals surface area contributed by atoms with Crippen molar-refractivity contribution in [2.45, 2.75) is 20.8 Å². The zero-order chi connectivity index (χ0) is 19.2. The van der Waals surface area contributed by atoms with E-state index in [1.54, 1.807) is 12.3 Å². The van der Waals surface area contributed by atoms with Crippen LogP contribution in [0.5, 0.6) is 5.75 Å². The van der Waals surface area contributed by atoms with Crippen molar-refractivity contribution in [1.82, 2.24) is 15.6 Å². The van der Waals surface area contributed by atoms with E-state index in [9.17, 15) is 4.79 Å². The molecule has 0 bridgehead atoms. The molecule has 0 fully saturated rings. The number of hydrazone groups is 1. The van der Waals surface area contributed by atoms with Gasteiger partial charge in [0.05, 0.1) is 18.5 Å². The smallest absolute Gasteiger partial charge is 0.289 e. The third-order valence-corrected chi connectivity index (χ3v) is 4.20. The number of hydrogen-bond acceptors (Lipinski definition) is 4. The number of H-pyrrole nitrogens is 1. The van der Waals surface area contributed by atoms with Crippen molar-refractivity contribution >= 4 is 12.1 Å². The summed E-state index contributed by atoms with van der Waals surface area (Å²) < 4.78 is 5.39. The first kappa shape index (κ1) is 18.4. The number of aromatic nitrogens is 2. The number of rotatable bonds is 6. The topological polar surface area (TPSA) is 79.4 Å². The zero-order valence-corrected chi connectivity index (χ0v) is 15.6. The van der Waals surface area contributed by atoms with Gasteiger partial charge in [-0.2, -0.15) is 10.2 Å². The van der Waals surface area contributed by atoms with Crippen LogP contribution >= 0.6 is 0 Å². The standard InChI is InChI=1S/C21H22N4O2/c1-4-27-18-9-6-16(7-10-18)13-22-25-21(26)20-12-19(23-24-20)17-8-5-14(2)15(3)11-17/h5-13H,4H2,1-3H3,(H,23,24)(H,25,26). The normalized spacial score (nSPS) is 10.9. The molecule has 6 heteroatoms. The van der Waals surface area contributed by atoms with Crippen molar-refractivity contribution in [1.29, 1.82) is 0 Å². The van der Waals surface area contributed by atoms with Crippen LogP contribution in [-0.2, 0) is 0 Å². The van der Waals surface area contributed by atoms with Gasteiger partial charge in [0.25, 0.3) is 5.91 Å². The molecule has 3 rings (SSSR count). The Labute approximate surface area is 158 Å². The van der Waals surface area contributed by atoms with E-state index in [4.69, 9.17) is 4.74 Å². The zero-order valence-electron chi connectivity index (χ0n) is 15.6. The van der Waals surface area contributed by atoms with Crippen LogP contribution in [0.1, 0.15) is 34.1 Å². The van der Waals surface area contributed by atoms with Crippen molar-refractivity contribution in [3.05, 3.63) is 70.9 Å². The summed E-state index contributed by atoms with van der Waals surface area (Å²) in [5.74, 6) is 0.454. The lowest BCUT2D eigenvalue weighted by Gasteiger charge is -2.02. The van der Waals surface area contributed by atoms with Crippen molar-refractivity contribution in [2.24, 2.45) is 5.10 Å². The first-order valence-corrected chi connectivity index (χ1v) is 8.76. The number of aromatic amines is 1. The summed E-state index contributed by atoms with van der Waals surface area (Å²) in [6.07, 6.45) is 1.58. The maximum atomic E-state index is 12.2. The molecule has 3 aromatic rings. The van der Waals surface area contributed by atoms with Gasteiger partial charge in [-0.3, -0.25) is 9.89 Å². The number of nitrogens with one attached hydrogen (secondary N) is 2. The Morgan fingerprint density at radius 1 is 1.15 bits per heavy atom. The molecular weight excluding hydrogens is 340 g/mol. The lowest BCUT2D eigenvalue weighted by atomic mass is 10.0. The predicted molar refractivity (Wildman–Crippen MR) is 106 cm³/mol. The molecule has 27 heavy (non-hydrogen) atoms. The van der Waals surface area contributed by atoms with Crippen LogP contribution in [0.15, 0.2) is 53.6 Å². The maximum Gasteiger partial charge on any atom is 0.289 e. The third-order valence-electron chi connectivity index (χ3n) is 4.20. The summed E-state index contributed by atoms with van der Waals surface area (Å²) in [5.41, 5.74) is 7.80. The van der Waals surface area contributed by atoms with Gasteiger partial charge in [-0.15, -0.1) is 0 Å². The minimum atomic E-state index is -0.347. The molecule has 1 heterocycles. The van der Waals surface area contributed by atoms with E-state index in [1.165, 1.54) is 11.1 Å². The lowest BCUT2D eigenvalue weighted by Crippen LogP contribution is -2.17. The third kappa shape index (κ3) is 4.61. The predicted octanol–water partition coefficient (Wildman–Crippen LogP) is 3.86. The molecule has 6 nitrogen and oxygen atoms in total. The molecule has 1 aromatic heterocycles. The van der Waals surface area contributed by atoms with Gasteiger partial charge in [0.2, 0.25) is 0 Å². The van der Waals surface area contributed by atoms with Gasteiger partial charge in [0, 0.05) is 5.56 Å². The van der Waals surface area contributed by atoms with Crippen LogP contribution in [0.2, 0.25) is 0 Å². The van der Waals surface area contributed by atoms with E-state index in [2.05, 4.69) is 40.6 Å². The highest BCUT2D eigenvalue weighted by Crippen LogP contribution is 2.20. The Hall–Kier alpha value is -3.41. The van der Waals surface area contributed by atoms with Gasteiger partial charge in [-0.05, 0) is 73.9 Å². The molecular formula is C21H22N4O2. The molecule has 1 amide bonds. The quantitative estimate of drug-likeness (QED) is 0.516. The van der Waals surface area contributed by atoms with Crippen LogP contribution in [0.4, 0.5) is 0 Å². The van der Waals surface area contributed by atoms with E-state index in [-0.39, 0.29) is 5.91 Å². The Bertz CT molecular complexity index is 959. The molecule has 2 N–H and O–H groups in total. The molecule has 0 aliphatic carbocycles. The average molecular weight is 362 g/mol. The van der Waals surface area contributed by atoms with Crippen LogP contribution in [0.3, 0.4) is 0 Å². The fourth-order valence-electron chi connectivity index (χ4n) is 2.53. The molecule has 0 aliphatic heterocycles. The Balaban J connectivity index is 1.63. The summed E-state index contributed by atoms with van der Waals surface area (Å²) in [7, 11) is 0. The molecule has 138 valence electrons. The molecule has 2 aromatic carbocycles. The molecule has 0 unspecified atom stereocenters. The monoisotopic (exact) mass is 362 g/mol. The number of aryl methyl sites for hydroxylation is 2. The first-order valence-electron chi connectivity index (χ1n) is 8.76. The fourth-order valence-corrected chi connectivity index (χ4v) is 2.53. The first-order chi connectivity index (χ1) is 13.1. The minimum absolute atomic E-state index is 0.347. The largest absolute Gasteiger partial charge is 0.494 e. The maximum absolute atomic E-state index is 12.2. The Morgan fingerprint density at radius 3 is 2.63 bits per heavy atom. The van der Waals surface area contributed by atoms with Gasteiger partial charge in [-0.1, -0.05) is 12.1 Å². The molecule has 0 saturated heterocycles. The van der Waals surface area contributed by atoms with Crippen LogP contribution < -0.4 is 10.2 Å². The van der Waals surface area contributed by atoms with Gasteiger partial charge < -0.3 is 4.74 Å². The number of carbonyl (C=O) groups is 1. The highest BCUT2D eigenvalue weighted by molar-refractivity contribution is 5.94. The van der Waals surface area contributed by atoms with E-state index in [1.807, 2.05) is 43.3 Å². The van der Waals surface area contributed by atoms with E-state index < -0.39 is 0 Å². The summed E-state index contributed by atoms with van der Waals surface area (Å²) in [5, 5.41) is 11.0. The average Bonchev–Trinajstić information content (AvgIpc) is 3.16. The molecule has 0 aliphatic rings. The summed E-state index contributed by atoms with van der Waals surface area (Å²) in [6.45, 7) is 6.67. The molecule has 0 saturated carbocycles. The van der Waals surface area contributed by atoms with E-state index >= 15 is 0 Å². The molecule has 0 atom stereocenters. The lowest BCUT2D eigenvalue weighted by molar-refractivity contribution is 0.0950. The summed E-state index contributed by atoms with van der Waals surface area (Å²) in [4.78, 5) is 12.2. The van der Waals surface area contributed by atoms with Crippen molar-refractivity contribution in [3.8, 4) is 17.0 Å². The van der Waals surface area contributed by atoms with Gasteiger partial charge in [-0.25, -0.2) is 5.43 Å². The fraction of sp³-hybridized carbons (Fsp3) is 0.190. The van der Waals surface area contributed by atoms with Gasteiger partial charge >= 0.3 is 0 Å². The molecule has 0 radical (unpaired) electrons. The summed E-state index contributed by atoms with van der Waals surface area (Å²) in [6, 6.07) is 15.3. The Morgan fingerprint density at radius 2 is 1.93 bits per heavy atom. The van der Waals surface area contributed by atoms with E-state index in [0.717, 1.165) is 22.6 Å². The van der Waals surface area contributed by atoms with Crippen molar-refractivity contribution in [3.63, 3.8) is 0 Å². The number of carbonyl (C=O) groups excluding carboxylic acids is 1. The minimum Gasteiger partial charge on any atom is -0.494 e. The van der Waals surface area contributed by atoms with Crippen molar-refractivity contribution in [2.75, 3.05) is 6.61 Å².